The van der Waals surface area contributed by atoms with E-state index in [9.17, 15) is 0 Å². The fraction of sp³-hybridized carbons (Fsp3) is 0.467. The van der Waals surface area contributed by atoms with Crippen LogP contribution in [0.3, 0.4) is 0 Å². The van der Waals surface area contributed by atoms with Crippen LogP contribution in [-0.4, -0.2) is 28.5 Å². The predicted octanol–water partition coefficient (Wildman–Crippen LogP) is 3.47. The first-order valence-corrected chi connectivity index (χ1v) is 7.80. The molecule has 0 bridgehead atoms. The van der Waals surface area contributed by atoms with Gasteiger partial charge in [0.2, 0.25) is 0 Å². The molecule has 2 heterocycles. The highest BCUT2D eigenvalue weighted by molar-refractivity contribution is 7.10. The van der Waals surface area contributed by atoms with Crippen molar-refractivity contribution in [3.63, 3.8) is 0 Å². The maximum Gasteiger partial charge on any atom is 0.144 e. The molecule has 2 aromatic rings. The first-order chi connectivity index (χ1) is 9.60. The van der Waals surface area contributed by atoms with Crippen LogP contribution < -0.4 is 5.32 Å². The van der Waals surface area contributed by atoms with E-state index in [1.165, 1.54) is 4.88 Å². The summed E-state index contributed by atoms with van der Waals surface area (Å²) in [6, 6.07) is 6.63. The number of nitrogens with one attached hydrogen (secondary N) is 1. The van der Waals surface area contributed by atoms with Gasteiger partial charge in [-0.25, -0.2) is 9.97 Å². The van der Waals surface area contributed by atoms with Gasteiger partial charge in [0.15, 0.2) is 0 Å². The minimum absolute atomic E-state index is 0.377. The molecule has 0 aromatic carbocycles. The molecule has 1 atom stereocenters. The van der Waals surface area contributed by atoms with Gasteiger partial charge in [-0.15, -0.1) is 11.3 Å². The molecule has 0 aliphatic heterocycles. The average Bonchev–Trinajstić information content (AvgIpc) is 2.91. The van der Waals surface area contributed by atoms with Gasteiger partial charge in [-0.3, -0.25) is 4.90 Å². The third kappa shape index (κ3) is 3.77. The van der Waals surface area contributed by atoms with Gasteiger partial charge in [-0.05, 0) is 39.3 Å². The number of aryl methyl sites for hydroxylation is 1. The van der Waals surface area contributed by atoms with Crippen molar-refractivity contribution in [3.8, 4) is 0 Å². The van der Waals surface area contributed by atoms with Crippen molar-refractivity contribution in [3.05, 3.63) is 40.0 Å². The molecule has 20 heavy (non-hydrogen) atoms. The second kappa shape index (κ2) is 6.81. The first-order valence-electron chi connectivity index (χ1n) is 6.92. The molecule has 1 unspecified atom stereocenters. The summed E-state index contributed by atoms with van der Waals surface area (Å²) in [5.41, 5.74) is 1.00. The topological polar surface area (TPSA) is 41.1 Å². The lowest BCUT2D eigenvalue weighted by Crippen LogP contribution is -2.23. The molecule has 0 aliphatic rings. The van der Waals surface area contributed by atoms with Crippen LogP contribution in [0.4, 0.5) is 5.82 Å². The van der Waals surface area contributed by atoms with Gasteiger partial charge in [0.05, 0.1) is 6.54 Å². The van der Waals surface area contributed by atoms with E-state index in [0.717, 1.165) is 30.4 Å². The standard InChI is InChI=1S/C15H22N4S/c1-5-16-14-9-11(2)17-15(18-14)10-19(4)12(3)13-7-6-8-20-13/h6-9,12H,5,10H2,1-4H3,(H,16,17,18). The van der Waals surface area contributed by atoms with Gasteiger partial charge in [0, 0.05) is 29.2 Å². The fourth-order valence-corrected chi connectivity index (χ4v) is 2.93. The lowest BCUT2D eigenvalue weighted by Gasteiger charge is -2.23. The number of rotatable bonds is 6. The highest BCUT2D eigenvalue weighted by Crippen LogP contribution is 2.24. The van der Waals surface area contributed by atoms with Crippen molar-refractivity contribution in [2.24, 2.45) is 0 Å². The molecule has 0 saturated carbocycles. The summed E-state index contributed by atoms with van der Waals surface area (Å²) in [6.07, 6.45) is 0. The maximum atomic E-state index is 4.57. The molecule has 4 nitrogen and oxygen atoms in total. The van der Waals surface area contributed by atoms with Gasteiger partial charge in [0.1, 0.15) is 11.6 Å². The summed E-state index contributed by atoms with van der Waals surface area (Å²) in [5, 5.41) is 5.37. The predicted molar refractivity (Wildman–Crippen MR) is 85.1 cm³/mol. The Morgan fingerprint density at radius 1 is 1.40 bits per heavy atom. The molecule has 5 heteroatoms. The van der Waals surface area contributed by atoms with Crippen LogP contribution in [0.1, 0.15) is 36.3 Å². The molecule has 0 amide bonds. The quantitative estimate of drug-likeness (QED) is 0.884. The van der Waals surface area contributed by atoms with Crippen molar-refractivity contribution < 1.29 is 0 Å². The van der Waals surface area contributed by atoms with Gasteiger partial charge >= 0.3 is 0 Å². The average molecular weight is 290 g/mol. The van der Waals surface area contributed by atoms with E-state index in [2.05, 4.69) is 58.6 Å². The lowest BCUT2D eigenvalue weighted by molar-refractivity contribution is 0.250. The van der Waals surface area contributed by atoms with E-state index in [1.54, 1.807) is 11.3 Å². The van der Waals surface area contributed by atoms with E-state index in [-0.39, 0.29) is 0 Å². The zero-order valence-corrected chi connectivity index (χ0v) is 13.4. The maximum absolute atomic E-state index is 4.57. The summed E-state index contributed by atoms with van der Waals surface area (Å²) in [7, 11) is 2.11. The van der Waals surface area contributed by atoms with Crippen molar-refractivity contribution in [2.45, 2.75) is 33.4 Å². The molecular weight excluding hydrogens is 268 g/mol. The number of hydrogen-bond donors (Lipinski definition) is 1. The smallest absolute Gasteiger partial charge is 0.144 e. The number of thiophene rings is 1. The third-order valence-electron chi connectivity index (χ3n) is 3.27. The van der Waals surface area contributed by atoms with Crippen molar-refractivity contribution in [1.29, 1.82) is 0 Å². The monoisotopic (exact) mass is 290 g/mol. The molecule has 0 spiro atoms. The van der Waals surface area contributed by atoms with E-state index in [1.807, 2.05) is 13.0 Å². The lowest BCUT2D eigenvalue weighted by atomic mass is 10.2. The van der Waals surface area contributed by atoms with Crippen LogP contribution in [0, 0.1) is 6.92 Å². The van der Waals surface area contributed by atoms with Gasteiger partial charge < -0.3 is 5.32 Å². The Kier molecular flexibility index (Phi) is 5.09. The molecule has 108 valence electrons. The van der Waals surface area contributed by atoms with Crippen molar-refractivity contribution in [2.75, 3.05) is 18.9 Å². The molecule has 0 fully saturated rings. The molecule has 1 N–H and O–H groups in total. The van der Waals surface area contributed by atoms with Crippen LogP contribution >= 0.6 is 11.3 Å². The van der Waals surface area contributed by atoms with E-state index < -0.39 is 0 Å². The fourth-order valence-electron chi connectivity index (χ4n) is 2.08. The zero-order chi connectivity index (χ0) is 14.5. The highest BCUT2D eigenvalue weighted by Gasteiger charge is 2.14. The van der Waals surface area contributed by atoms with Crippen LogP contribution in [0.15, 0.2) is 23.6 Å². The van der Waals surface area contributed by atoms with Crippen LogP contribution in [0.5, 0.6) is 0 Å². The summed E-state index contributed by atoms with van der Waals surface area (Å²) < 4.78 is 0. The number of anilines is 1. The summed E-state index contributed by atoms with van der Waals surface area (Å²) in [4.78, 5) is 12.7. The Labute approximate surface area is 124 Å². The Hall–Kier alpha value is -1.46. The van der Waals surface area contributed by atoms with Gasteiger partial charge in [0.25, 0.3) is 0 Å². The summed E-state index contributed by atoms with van der Waals surface area (Å²) in [6.45, 7) is 7.92. The molecule has 0 radical (unpaired) electrons. The second-order valence-corrected chi connectivity index (χ2v) is 5.93. The van der Waals surface area contributed by atoms with E-state index >= 15 is 0 Å². The third-order valence-corrected chi connectivity index (χ3v) is 4.31. The number of hydrogen-bond acceptors (Lipinski definition) is 5. The first kappa shape index (κ1) is 14.9. The van der Waals surface area contributed by atoms with Crippen LogP contribution in [0.25, 0.3) is 0 Å². The largest absolute Gasteiger partial charge is 0.370 e. The summed E-state index contributed by atoms with van der Waals surface area (Å²) in [5.74, 6) is 1.78. The van der Waals surface area contributed by atoms with Crippen molar-refractivity contribution >= 4 is 17.2 Å². The molecule has 2 aromatic heterocycles. The minimum Gasteiger partial charge on any atom is -0.370 e. The molecule has 2 rings (SSSR count). The van der Waals surface area contributed by atoms with Gasteiger partial charge in [-0.1, -0.05) is 6.07 Å². The number of nitrogens with zero attached hydrogens (tertiary/aromatic N) is 3. The van der Waals surface area contributed by atoms with E-state index in [0.29, 0.717) is 6.04 Å². The number of aromatic nitrogens is 2. The van der Waals surface area contributed by atoms with Gasteiger partial charge in [-0.2, -0.15) is 0 Å². The van der Waals surface area contributed by atoms with E-state index in [4.69, 9.17) is 0 Å². The normalized spacial score (nSPS) is 12.7. The molecule has 0 saturated heterocycles. The second-order valence-electron chi connectivity index (χ2n) is 4.95. The van der Waals surface area contributed by atoms with Crippen molar-refractivity contribution in [1.82, 2.24) is 14.9 Å². The highest BCUT2D eigenvalue weighted by atomic mass is 32.1. The molecular formula is C15H22N4S. The van der Waals surface area contributed by atoms with Crippen LogP contribution in [-0.2, 0) is 6.54 Å². The SMILES string of the molecule is CCNc1cc(C)nc(CN(C)C(C)c2cccs2)n1. The minimum atomic E-state index is 0.377. The Morgan fingerprint density at radius 3 is 2.85 bits per heavy atom. The Morgan fingerprint density at radius 2 is 2.20 bits per heavy atom. The summed E-state index contributed by atoms with van der Waals surface area (Å²) >= 11 is 1.79. The Bertz CT molecular complexity index is 539. The zero-order valence-electron chi connectivity index (χ0n) is 12.6. The van der Waals surface area contributed by atoms with Crippen LogP contribution in [0.2, 0.25) is 0 Å². The molecule has 0 aliphatic carbocycles. The Balaban J connectivity index is 2.09.